The zero-order chi connectivity index (χ0) is 13.5. The number of hydrogen-bond acceptors (Lipinski definition) is 4. The molecular formula is C14H20N2O3. The number of amides is 1. The van der Waals surface area contributed by atoms with Gasteiger partial charge in [-0.25, -0.2) is 0 Å². The van der Waals surface area contributed by atoms with E-state index in [1.54, 1.807) is 7.11 Å². The number of ether oxygens (including phenoxy) is 2. The summed E-state index contributed by atoms with van der Waals surface area (Å²) in [5.41, 5.74) is 0. The van der Waals surface area contributed by atoms with Crippen LogP contribution in [0.5, 0.6) is 11.5 Å². The van der Waals surface area contributed by atoms with Crippen LogP contribution < -0.4 is 20.1 Å². The Kier molecular flexibility index (Phi) is 5.03. The van der Waals surface area contributed by atoms with Crippen LogP contribution in [0.3, 0.4) is 0 Å². The third-order valence-electron chi connectivity index (χ3n) is 2.88. The van der Waals surface area contributed by atoms with Gasteiger partial charge in [0.25, 0.3) is 0 Å². The quantitative estimate of drug-likeness (QED) is 0.686. The molecule has 1 amide bonds. The average Bonchev–Trinajstić information content (AvgIpc) is 3.26. The van der Waals surface area contributed by atoms with Crippen LogP contribution in [0, 0.1) is 0 Å². The van der Waals surface area contributed by atoms with E-state index < -0.39 is 0 Å². The van der Waals surface area contributed by atoms with E-state index >= 15 is 0 Å². The van der Waals surface area contributed by atoms with Crippen molar-refractivity contribution >= 4 is 5.91 Å². The maximum Gasteiger partial charge on any atom is 0.234 e. The Balaban J connectivity index is 1.56. The lowest BCUT2D eigenvalue weighted by molar-refractivity contribution is -0.120. The Bertz CT molecular complexity index is 402. The lowest BCUT2D eigenvalue weighted by Crippen LogP contribution is -2.36. The van der Waals surface area contributed by atoms with Crippen molar-refractivity contribution in [3.8, 4) is 11.5 Å². The van der Waals surface area contributed by atoms with E-state index in [9.17, 15) is 4.79 Å². The molecule has 0 saturated heterocycles. The van der Waals surface area contributed by atoms with E-state index in [1.807, 2.05) is 24.3 Å². The Labute approximate surface area is 113 Å². The fourth-order valence-electron chi connectivity index (χ4n) is 1.62. The molecule has 1 fully saturated rings. The molecule has 1 aliphatic rings. The van der Waals surface area contributed by atoms with Crippen LogP contribution >= 0.6 is 0 Å². The summed E-state index contributed by atoms with van der Waals surface area (Å²) >= 11 is 0. The number of rotatable bonds is 8. The summed E-state index contributed by atoms with van der Waals surface area (Å²) in [6.45, 7) is 1.37. The second kappa shape index (κ2) is 6.99. The van der Waals surface area contributed by atoms with Gasteiger partial charge in [0.15, 0.2) is 0 Å². The van der Waals surface area contributed by atoms with Gasteiger partial charge in [-0.15, -0.1) is 0 Å². The zero-order valence-corrected chi connectivity index (χ0v) is 11.1. The van der Waals surface area contributed by atoms with Gasteiger partial charge in [-0.1, -0.05) is 0 Å². The first kappa shape index (κ1) is 13.7. The summed E-state index contributed by atoms with van der Waals surface area (Å²) in [6.07, 6.45) is 2.38. The Morgan fingerprint density at radius 1 is 1.26 bits per heavy atom. The van der Waals surface area contributed by atoms with E-state index in [4.69, 9.17) is 9.47 Å². The SMILES string of the molecule is COc1ccc(OCCNC(=O)CNC2CC2)cc1. The van der Waals surface area contributed by atoms with Gasteiger partial charge in [-0.3, -0.25) is 4.79 Å². The summed E-state index contributed by atoms with van der Waals surface area (Å²) in [5, 5.41) is 5.97. The molecule has 1 aromatic carbocycles. The van der Waals surface area contributed by atoms with Crippen molar-refractivity contribution in [2.24, 2.45) is 0 Å². The van der Waals surface area contributed by atoms with Gasteiger partial charge in [0.1, 0.15) is 18.1 Å². The molecule has 5 nitrogen and oxygen atoms in total. The fourth-order valence-corrected chi connectivity index (χ4v) is 1.62. The van der Waals surface area contributed by atoms with Gasteiger partial charge in [0.05, 0.1) is 20.2 Å². The largest absolute Gasteiger partial charge is 0.497 e. The minimum atomic E-state index is 0.0187. The standard InChI is InChI=1S/C14H20N2O3/c1-18-12-4-6-13(7-5-12)19-9-8-15-14(17)10-16-11-2-3-11/h4-7,11,16H,2-3,8-10H2,1H3,(H,15,17). The summed E-state index contributed by atoms with van der Waals surface area (Å²) < 4.78 is 10.6. The van der Waals surface area contributed by atoms with Crippen molar-refractivity contribution < 1.29 is 14.3 Å². The maximum absolute atomic E-state index is 11.4. The van der Waals surface area contributed by atoms with Crippen LogP contribution in [-0.4, -0.2) is 38.8 Å². The van der Waals surface area contributed by atoms with Crippen LogP contribution in [0.1, 0.15) is 12.8 Å². The molecule has 2 N–H and O–H groups in total. The third-order valence-corrected chi connectivity index (χ3v) is 2.88. The molecule has 1 aromatic rings. The Morgan fingerprint density at radius 3 is 2.58 bits per heavy atom. The van der Waals surface area contributed by atoms with Crippen LogP contribution in [0.15, 0.2) is 24.3 Å². The van der Waals surface area contributed by atoms with Crippen molar-refractivity contribution in [1.29, 1.82) is 0 Å². The Hall–Kier alpha value is -1.75. The van der Waals surface area contributed by atoms with Crippen molar-refractivity contribution in [2.45, 2.75) is 18.9 Å². The van der Waals surface area contributed by atoms with E-state index in [0.717, 1.165) is 11.5 Å². The summed E-state index contributed by atoms with van der Waals surface area (Å²) in [4.78, 5) is 11.4. The Morgan fingerprint density at radius 2 is 1.95 bits per heavy atom. The minimum absolute atomic E-state index is 0.0187. The predicted octanol–water partition coefficient (Wildman–Crippen LogP) is 0.942. The minimum Gasteiger partial charge on any atom is -0.497 e. The van der Waals surface area contributed by atoms with Crippen molar-refractivity contribution in [3.63, 3.8) is 0 Å². The first-order valence-corrected chi connectivity index (χ1v) is 6.55. The second-order valence-electron chi connectivity index (χ2n) is 4.53. The van der Waals surface area contributed by atoms with E-state index in [1.165, 1.54) is 12.8 Å². The van der Waals surface area contributed by atoms with Gasteiger partial charge in [0.2, 0.25) is 5.91 Å². The maximum atomic E-state index is 11.4. The van der Waals surface area contributed by atoms with E-state index in [0.29, 0.717) is 25.7 Å². The third kappa shape index (κ3) is 5.18. The second-order valence-corrected chi connectivity index (χ2v) is 4.53. The lowest BCUT2D eigenvalue weighted by Gasteiger charge is -2.08. The molecule has 0 spiro atoms. The zero-order valence-electron chi connectivity index (χ0n) is 11.1. The molecule has 0 heterocycles. The molecule has 19 heavy (non-hydrogen) atoms. The number of methoxy groups -OCH3 is 1. The van der Waals surface area contributed by atoms with Gasteiger partial charge < -0.3 is 20.1 Å². The molecule has 1 aliphatic carbocycles. The fraction of sp³-hybridized carbons (Fsp3) is 0.500. The first-order chi connectivity index (χ1) is 9.28. The van der Waals surface area contributed by atoms with Crippen molar-refractivity contribution in [3.05, 3.63) is 24.3 Å². The number of nitrogens with one attached hydrogen (secondary N) is 2. The molecule has 104 valence electrons. The normalized spacial score (nSPS) is 13.9. The molecule has 0 aromatic heterocycles. The molecule has 2 rings (SSSR count). The van der Waals surface area contributed by atoms with Gasteiger partial charge >= 0.3 is 0 Å². The van der Waals surface area contributed by atoms with E-state index in [-0.39, 0.29) is 5.91 Å². The van der Waals surface area contributed by atoms with Gasteiger partial charge in [0, 0.05) is 6.04 Å². The topological polar surface area (TPSA) is 59.6 Å². The first-order valence-electron chi connectivity index (χ1n) is 6.55. The highest BCUT2D eigenvalue weighted by Crippen LogP contribution is 2.18. The smallest absolute Gasteiger partial charge is 0.234 e. The van der Waals surface area contributed by atoms with E-state index in [2.05, 4.69) is 10.6 Å². The molecule has 0 aliphatic heterocycles. The van der Waals surface area contributed by atoms with Crippen molar-refractivity contribution in [2.75, 3.05) is 26.8 Å². The van der Waals surface area contributed by atoms with Gasteiger partial charge in [-0.2, -0.15) is 0 Å². The molecular weight excluding hydrogens is 244 g/mol. The molecule has 0 bridgehead atoms. The van der Waals surface area contributed by atoms with Crippen LogP contribution in [0.2, 0.25) is 0 Å². The predicted molar refractivity (Wildman–Crippen MR) is 72.5 cm³/mol. The summed E-state index contributed by atoms with van der Waals surface area (Å²) in [5.74, 6) is 1.59. The highest BCUT2D eigenvalue weighted by Gasteiger charge is 2.20. The summed E-state index contributed by atoms with van der Waals surface area (Å²) in [7, 11) is 1.63. The van der Waals surface area contributed by atoms with Crippen LogP contribution in [0.25, 0.3) is 0 Å². The molecule has 0 atom stereocenters. The molecule has 0 radical (unpaired) electrons. The number of benzene rings is 1. The number of carbonyl (C=O) groups is 1. The van der Waals surface area contributed by atoms with Gasteiger partial charge in [-0.05, 0) is 37.1 Å². The lowest BCUT2D eigenvalue weighted by atomic mass is 10.3. The molecule has 5 heteroatoms. The molecule has 1 saturated carbocycles. The number of hydrogen-bond donors (Lipinski definition) is 2. The highest BCUT2D eigenvalue weighted by molar-refractivity contribution is 5.78. The monoisotopic (exact) mass is 264 g/mol. The average molecular weight is 264 g/mol. The molecule has 0 unspecified atom stereocenters. The highest BCUT2D eigenvalue weighted by atomic mass is 16.5. The van der Waals surface area contributed by atoms with Crippen LogP contribution in [-0.2, 0) is 4.79 Å². The van der Waals surface area contributed by atoms with Crippen LogP contribution in [0.4, 0.5) is 0 Å². The number of carbonyl (C=O) groups excluding carboxylic acids is 1. The van der Waals surface area contributed by atoms with Crippen molar-refractivity contribution in [1.82, 2.24) is 10.6 Å². The summed E-state index contributed by atoms with van der Waals surface area (Å²) in [6, 6.07) is 7.92.